The second-order valence-electron chi connectivity index (χ2n) is 11.0. The van der Waals surface area contributed by atoms with Gasteiger partial charge in [-0.1, -0.05) is 97.6 Å². The van der Waals surface area contributed by atoms with Crippen molar-refractivity contribution in [3.63, 3.8) is 0 Å². The van der Waals surface area contributed by atoms with E-state index in [0.717, 1.165) is 49.4 Å². The number of aromatic nitrogens is 8. The molecule has 1 amide bonds. The molecule has 8 bridgehead atoms. The van der Waals surface area contributed by atoms with Crippen LogP contribution < -0.4 is 5.32 Å². The first-order chi connectivity index (χ1) is 22.6. The van der Waals surface area contributed by atoms with Crippen molar-refractivity contribution >= 4 is 50.0 Å². The number of hydrogen-bond acceptors (Lipinski definition) is 7. The molecule has 0 unspecified atom stereocenters. The Hall–Kier alpha value is -6.55. The van der Waals surface area contributed by atoms with Crippen molar-refractivity contribution in [1.82, 2.24) is 45.2 Å². The van der Waals surface area contributed by atoms with Crippen molar-refractivity contribution in [1.29, 1.82) is 0 Å². The Bertz CT molecular complexity index is 2590. The molecule has 0 atom stereocenters. The average molecular weight is 598 g/mol. The fourth-order valence-corrected chi connectivity index (χ4v) is 6.16. The van der Waals surface area contributed by atoms with Gasteiger partial charge in [0.1, 0.15) is 22.6 Å². The number of carbonyl (C=O) groups excluding carboxylic acids is 1. The highest BCUT2D eigenvalue weighted by atomic mass is 16.1. The van der Waals surface area contributed by atoms with E-state index in [0.29, 0.717) is 45.9 Å². The molecule has 9 rings (SSSR count). The van der Waals surface area contributed by atoms with Gasteiger partial charge in [-0.15, -0.1) is 0 Å². The number of fused-ring (bicyclic) bond motifs is 20. The monoisotopic (exact) mass is 597 g/mol. The van der Waals surface area contributed by atoms with Crippen LogP contribution in [0.2, 0.25) is 0 Å². The molecule has 0 aliphatic carbocycles. The highest BCUT2D eigenvalue weighted by Crippen LogP contribution is 2.37. The molecule has 0 radical (unpaired) electrons. The maximum Gasteiger partial charge on any atom is 0.243 e. The number of carbonyl (C=O) groups is 1. The third-order valence-electron chi connectivity index (χ3n) is 8.30. The molecule has 7 aromatic rings. The molecule has 218 valence electrons. The number of H-pyrrole nitrogens is 2. The first kappa shape index (κ1) is 25.9. The van der Waals surface area contributed by atoms with Crippen molar-refractivity contribution in [3.05, 3.63) is 109 Å². The Labute approximate surface area is 261 Å². The van der Waals surface area contributed by atoms with Gasteiger partial charge in [0.2, 0.25) is 5.91 Å². The second-order valence-corrected chi connectivity index (χ2v) is 11.0. The molecule has 0 spiro atoms. The Kier molecular flexibility index (Phi) is 5.63. The normalized spacial score (nSPS) is 11.7. The minimum Gasteiger partial charge on any atom is -0.348 e. The maximum atomic E-state index is 12.1. The van der Waals surface area contributed by atoms with Crippen LogP contribution in [0.5, 0.6) is 0 Å². The van der Waals surface area contributed by atoms with Gasteiger partial charge in [-0.25, -0.2) is 29.9 Å². The number of nitrogens with one attached hydrogen (secondary N) is 3. The molecule has 0 saturated carbocycles. The van der Waals surface area contributed by atoms with Crippen LogP contribution >= 0.6 is 0 Å². The highest BCUT2D eigenvalue weighted by molar-refractivity contribution is 6.07. The third kappa shape index (κ3) is 4.01. The van der Waals surface area contributed by atoms with Gasteiger partial charge in [0.25, 0.3) is 0 Å². The average Bonchev–Trinajstić information content (AvgIpc) is 3.83. The van der Waals surface area contributed by atoms with Gasteiger partial charge in [-0.05, 0) is 11.6 Å². The molecule has 46 heavy (non-hydrogen) atoms. The smallest absolute Gasteiger partial charge is 0.243 e. The number of benzene rings is 4. The topological polar surface area (TPSA) is 138 Å². The lowest BCUT2D eigenvalue weighted by Crippen LogP contribution is -2.19. The molecule has 3 aromatic heterocycles. The molecule has 2 aliphatic rings. The Morgan fingerprint density at radius 1 is 0.565 bits per heavy atom. The molecule has 10 heteroatoms. The zero-order valence-corrected chi connectivity index (χ0v) is 24.2. The maximum absolute atomic E-state index is 12.1. The van der Waals surface area contributed by atoms with Crippen molar-refractivity contribution in [2.45, 2.75) is 6.54 Å². The summed E-state index contributed by atoms with van der Waals surface area (Å²) < 4.78 is 0. The van der Waals surface area contributed by atoms with Gasteiger partial charge in [-0.3, -0.25) is 4.79 Å². The number of hydrogen-bond donors (Lipinski definition) is 3. The van der Waals surface area contributed by atoms with Crippen LogP contribution in [0.15, 0.2) is 104 Å². The first-order valence-corrected chi connectivity index (χ1v) is 14.8. The summed E-state index contributed by atoms with van der Waals surface area (Å²) in [6.45, 7) is 3.86. The Morgan fingerprint density at radius 2 is 1.00 bits per heavy atom. The number of aromatic amines is 2. The number of amides is 1. The summed E-state index contributed by atoms with van der Waals surface area (Å²) in [4.78, 5) is 49.1. The summed E-state index contributed by atoms with van der Waals surface area (Å²) in [6, 6.07) is 29.7. The minimum atomic E-state index is -0.264. The summed E-state index contributed by atoms with van der Waals surface area (Å²) in [5, 5.41) is 6.39. The standard InChI is InChI=1S/C36H23N9O/c1-2-27(46)37-18-19-10-9-17-26-28(19)36-44-34-25-16-8-7-15-24(25)32(42-34)40-30-21-12-4-3-11-20(21)29(38-30)39-31-22-13-5-6-14-23(22)33(41-31)43-35(26)45-36/h2-17H,1,18H2,(H,37,46)(H2,38,39,40,41,42,43,44,45). The number of nitrogens with zero attached hydrogens (tertiary/aromatic N) is 6. The lowest BCUT2D eigenvalue weighted by atomic mass is 10.1. The van der Waals surface area contributed by atoms with E-state index >= 15 is 0 Å². The first-order valence-electron chi connectivity index (χ1n) is 14.8. The quantitative estimate of drug-likeness (QED) is 0.193. The molecule has 3 N–H and O–H groups in total. The van der Waals surface area contributed by atoms with Crippen LogP contribution in [0, 0.1) is 0 Å². The fraction of sp³-hybridized carbons (Fsp3) is 0.0278. The van der Waals surface area contributed by atoms with E-state index in [2.05, 4.69) is 21.9 Å². The lowest BCUT2D eigenvalue weighted by Gasteiger charge is -2.04. The van der Waals surface area contributed by atoms with E-state index in [1.807, 2.05) is 91.0 Å². The SMILES string of the molecule is C=CC(=O)NCc1cccc2c3nc4nc(nc5[nH]c(nc6nc(nc([nH]3)c12)-c1ccccc1-6)c1ccccc51)-c1ccccc1-4. The van der Waals surface area contributed by atoms with Crippen molar-refractivity contribution in [2.24, 2.45) is 0 Å². The molecular formula is C36H23N9O. The molecule has 5 heterocycles. The van der Waals surface area contributed by atoms with Gasteiger partial charge < -0.3 is 15.3 Å². The van der Waals surface area contributed by atoms with Gasteiger partial charge in [-0.2, -0.15) is 0 Å². The number of rotatable bonds is 3. The summed E-state index contributed by atoms with van der Waals surface area (Å²) in [5.41, 5.74) is 6.78. The molecular weight excluding hydrogens is 574 g/mol. The van der Waals surface area contributed by atoms with Crippen LogP contribution in [-0.2, 0) is 11.3 Å². The van der Waals surface area contributed by atoms with Gasteiger partial charge >= 0.3 is 0 Å². The molecule has 0 fully saturated rings. The van der Waals surface area contributed by atoms with E-state index in [4.69, 9.17) is 29.9 Å². The van der Waals surface area contributed by atoms with Gasteiger partial charge in [0.15, 0.2) is 23.3 Å². The third-order valence-corrected chi connectivity index (χ3v) is 8.30. The minimum absolute atomic E-state index is 0.264. The molecule has 4 aromatic carbocycles. The van der Waals surface area contributed by atoms with E-state index in [-0.39, 0.29) is 12.5 Å². The summed E-state index contributed by atoms with van der Waals surface area (Å²) in [5.74, 6) is 1.87. The van der Waals surface area contributed by atoms with Crippen LogP contribution in [0.3, 0.4) is 0 Å². The molecule has 10 nitrogen and oxygen atoms in total. The second kappa shape index (κ2) is 10.00. The van der Waals surface area contributed by atoms with Crippen LogP contribution in [0.25, 0.3) is 89.7 Å². The van der Waals surface area contributed by atoms with Gasteiger partial charge in [0, 0.05) is 50.3 Å². The van der Waals surface area contributed by atoms with E-state index in [1.165, 1.54) is 6.08 Å². The zero-order valence-electron chi connectivity index (χ0n) is 24.2. The molecule has 0 saturated heterocycles. The fourth-order valence-electron chi connectivity index (χ4n) is 6.16. The highest BCUT2D eigenvalue weighted by Gasteiger charge is 2.22. The largest absolute Gasteiger partial charge is 0.348 e. The van der Waals surface area contributed by atoms with Crippen molar-refractivity contribution in [3.8, 4) is 45.6 Å². The van der Waals surface area contributed by atoms with Gasteiger partial charge in [0.05, 0.1) is 0 Å². The van der Waals surface area contributed by atoms with Crippen LogP contribution in [0.1, 0.15) is 5.56 Å². The zero-order chi connectivity index (χ0) is 30.8. The van der Waals surface area contributed by atoms with Crippen LogP contribution in [-0.4, -0.2) is 45.8 Å². The van der Waals surface area contributed by atoms with Crippen LogP contribution in [0.4, 0.5) is 0 Å². The Balaban J connectivity index is 1.45. The predicted octanol–water partition coefficient (Wildman–Crippen LogP) is 6.67. The van der Waals surface area contributed by atoms with E-state index < -0.39 is 0 Å². The molecule has 2 aliphatic heterocycles. The van der Waals surface area contributed by atoms with Crippen molar-refractivity contribution in [2.75, 3.05) is 0 Å². The summed E-state index contributed by atoms with van der Waals surface area (Å²) in [7, 11) is 0. The summed E-state index contributed by atoms with van der Waals surface area (Å²) in [6.07, 6.45) is 1.26. The lowest BCUT2D eigenvalue weighted by molar-refractivity contribution is -0.116. The Morgan fingerprint density at radius 3 is 1.52 bits per heavy atom. The van der Waals surface area contributed by atoms with E-state index in [9.17, 15) is 4.79 Å². The van der Waals surface area contributed by atoms with Crippen molar-refractivity contribution < 1.29 is 4.79 Å². The summed E-state index contributed by atoms with van der Waals surface area (Å²) >= 11 is 0. The predicted molar refractivity (Wildman–Crippen MR) is 178 cm³/mol. The van der Waals surface area contributed by atoms with E-state index in [1.54, 1.807) is 0 Å².